The third kappa shape index (κ3) is 4.11. The van der Waals surface area contributed by atoms with E-state index in [1.165, 1.54) is 50.4 Å². The van der Waals surface area contributed by atoms with Crippen LogP contribution in [0, 0.1) is 11.3 Å². The van der Waals surface area contributed by atoms with Crippen LogP contribution in [0.15, 0.2) is 29.4 Å². The summed E-state index contributed by atoms with van der Waals surface area (Å²) >= 11 is 0. The van der Waals surface area contributed by atoms with Crippen molar-refractivity contribution in [2.75, 3.05) is 26.5 Å². The van der Waals surface area contributed by atoms with Crippen LogP contribution in [0.2, 0.25) is 0 Å². The number of hydrogen-bond donors (Lipinski definition) is 1. The maximum absolute atomic E-state index is 12.2. The minimum absolute atomic E-state index is 0.0149. The van der Waals surface area contributed by atoms with Gasteiger partial charge in [-0.1, -0.05) is 0 Å². The minimum Gasteiger partial charge on any atom is -0.495 e. The quantitative estimate of drug-likeness (QED) is 0.766. The van der Waals surface area contributed by atoms with Crippen LogP contribution in [0.4, 0.5) is 5.69 Å². The zero-order chi connectivity index (χ0) is 18.6. The van der Waals surface area contributed by atoms with E-state index >= 15 is 0 Å². The molecule has 1 heterocycles. The van der Waals surface area contributed by atoms with E-state index in [4.69, 9.17) is 10.00 Å². The predicted molar refractivity (Wildman–Crippen MR) is 87.2 cm³/mol. The van der Waals surface area contributed by atoms with Crippen LogP contribution in [-0.2, 0) is 21.4 Å². The van der Waals surface area contributed by atoms with Crippen LogP contribution in [0.25, 0.3) is 0 Å². The summed E-state index contributed by atoms with van der Waals surface area (Å²) in [7, 11) is 0.572. The maximum Gasteiger partial charge on any atom is 0.252 e. The molecule has 0 saturated heterocycles. The van der Waals surface area contributed by atoms with Crippen molar-refractivity contribution >= 4 is 21.6 Å². The summed E-state index contributed by atoms with van der Waals surface area (Å²) in [6, 6.07) is 5.91. The third-order valence-electron chi connectivity index (χ3n) is 3.17. The Morgan fingerprint density at radius 1 is 1.44 bits per heavy atom. The van der Waals surface area contributed by atoms with E-state index in [9.17, 15) is 13.2 Å². The van der Waals surface area contributed by atoms with Crippen molar-refractivity contribution < 1.29 is 17.9 Å². The summed E-state index contributed by atoms with van der Waals surface area (Å²) in [6.07, 6.45) is 1.25. The maximum atomic E-state index is 12.2. The monoisotopic (exact) mass is 364 g/mol. The molecule has 2 aromatic rings. The van der Waals surface area contributed by atoms with Crippen molar-refractivity contribution in [3.05, 3.63) is 30.4 Å². The average molecular weight is 364 g/mol. The van der Waals surface area contributed by atoms with Gasteiger partial charge in [-0.25, -0.2) is 22.4 Å². The number of hydrogen-bond acceptors (Lipinski definition) is 7. The predicted octanol–water partition coefficient (Wildman–Crippen LogP) is 0.0474. The number of anilines is 1. The molecule has 0 atom stereocenters. The molecule has 0 aliphatic carbocycles. The highest BCUT2D eigenvalue weighted by atomic mass is 32.2. The van der Waals surface area contributed by atoms with Gasteiger partial charge in [-0.15, -0.1) is 5.10 Å². The van der Waals surface area contributed by atoms with Crippen LogP contribution in [0.5, 0.6) is 5.75 Å². The van der Waals surface area contributed by atoms with Gasteiger partial charge in [0.2, 0.25) is 15.9 Å². The molecule has 0 bridgehead atoms. The summed E-state index contributed by atoms with van der Waals surface area (Å²) in [4.78, 5) is 15.9. The van der Waals surface area contributed by atoms with Crippen molar-refractivity contribution in [1.29, 1.82) is 5.26 Å². The number of aromatic nitrogens is 3. The van der Waals surface area contributed by atoms with Gasteiger partial charge < -0.3 is 10.1 Å². The Balaban J connectivity index is 2.25. The zero-order valence-corrected chi connectivity index (χ0v) is 14.6. The first-order chi connectivity index (χ1) is 11.8. The Kier molecular flexibility index (Phi) is 5.35. The number of ether oxygens (including phenoxy) is 1. The molecule has 132 valence electrons. The number of benzene rings is 1. The normalized spacial score (nSPS) is 11.2. The molecule has 0 fully saturated rings. The summed E-state index contributed by atoms with van der Waals surface area (Å²) < 4.78 is 31.8. The van der Waals surface area contributed by atoms with E-state index in [0.29, 0.717) is 5.75 Å². The Morgan fingerprint density at radius 2 is 2.16 bits per heavy atom. The van der Waals surface area contributed by atoms with Crippen molar-refractivity contribution in [3.63, 3.8) is 0 Å². The number of amides is 1. The molecule has 0 saturated carbocycles. The summed E-state index contributed by atoms with van der Waals surface area (Å²) in [5, 5.41) is 15.0. The second-order valence-electron chi connectivity index (χ2n) is 5.08. The fraction of sp³-hybridized carbons (Fsp3) is 0.286. The smallest absolute Gasteiger partial charge is 0.252 e. The lowest BCUT2D eigenvalue weighted by atomic mass is 10.3. The van der Waals surface area contributed by atoms with Gasteiger partial charge in [0.25, 0.3) is 5.82 Å². The van der Waals surface area contributed by atoms with Gasteiger partial charge in [0.15, 0.2) is 0 Å². The van der Waals surface area contributed by atoms with E-state index in [-0.39, 0.29) is 23.0 Å². The Morgan fingerprint density at radius 3 is 2.72 bits per heavy atom. The average Bonchev–Trinajstić information content (AvgIpc) is 3.01. The van der Waals surface area contributed by atoms with Gasteiger partial charge >= 0.3 is 0 Å². The highest BCUT2D eigenvalue weighted by Crippen LogP contribution is 2.28. The summed E-state index contributed by atoms with van der Waals surface area (Å²) in [5.41, 5.74) is 0.205. The molecule has 11 heteroatoms. The lowest BCUT2D eigenvalue weighted by Gasteiger charge is -2.15. The number of carbonyl (C=O) groups excluding carboxylic acids is 1. The van der Waals surface area contributed by atoms with E-state index in [0.717, 1.165) is 4.31 Å². The molecule has 2 rings (SSSR count). The lowest BCUT2D eigenvalue weighted by Crippen LogP contribution is -2.23. The molecule has 0 aliphatic heterocycles. The second kappa shape index (κ2) is 7.29. The van der Waals surface area contributed by atoms with Crippen LogP contribution in [-0.4, -0.2) is 54.6 Å². The van der Waals surface area contributed by atoms with E-state index in [2.05, 4.69) is 15.4 Å². The SMILES string of the molecule is COc1ccc(S(=O)(=O)N(C)C)cc1NC(=O)Cn1cnc(C#N)n1. The van der Waals surface area contributed by atoms with E-state index in [1.54, 1.807) is 6.07 Å². The molecular formula is C14H16N6O4S. The molecule has 25 heavy (non-hydrogen) atoms. The molecule has 0 spiro atoms. The molecule has 1 amide bonds. The first kappa shape index (κ1) is 18.4. The molecule has 0 radical (unpaired) electrons. The first-order valence-corrected chi connectivity index (χ1v) is 8.42. The van der Waals surface area contributed by atoms with E-state index < -0.39 is 15.9 Å². The number of nitrogens with one attached hydrogen (secondary N) is 1. The van der Waals surface area contributed by atoms with Gasteiger partial charge in [-0.2, -0.15) is 5.26 Å². The Bertz CT molecular complexity index is 929. The number of nitriles is 1. The number of nitrogens with zero attached hydrogens (tertiary/aromatic N) is 5. The highest BCUT2D eigenvalue weighted by Gasteiger charge is 2.20. The van der Waals surface area contributed by atoms with Crippen molar-refractivity contribution in [2.45, 2.75) is 11.4 Å². The van der Waals surface area contributed by atoms with Crippen molar-refractivity contribution in [1.82, 2.24) is 19.1 Å². The fourth-order valence-electron chi connectivity index (χ4n) is 1.91. The van der Waals surface area contributed by atoms with Crippen molar-refractivity contribution in [2.24, 2.45) is 0 Å². The molecular weight excluding hydrogens is 348 g/mol. The number of sulfonamides is 1. The first-order valence-electron chi connectivity index (χ1n) is 6.98. The van der Waals surface area contributed by atoms with Gasteiger partial charge in [0, 0.05) is 14.1 Å². The van der Waals surface area contributed by atoms with Gasteiger partial charge in [-0.05, 0) is 18.2 Å². The standard InChI is InChI=1S/C14H16N6O4S/c1-19(2)25(22,23)10-4-5-12(24-3)11(6-10)17-14(21)8-20-9-16-13(7-15)18-20/h4-6,9H,8H2,1-3H3,(H,17,21). The van der Waals surface area contributed by atoms with Gasteiger partial charge in [0.1, 0.15) is 24.7 Å². The second-order valence-corrected chi connectivity index (χ2v) is 7.23. The van der Waals surface area contributed by atoms with Crippen LogP contribution in [0.3, 0.4) is 0 Å². The summed E-state index contributed by atoms with van der Waals surface area (Å²) in [6.45, 7) is -0.192. The van der Waals surface area contributed by atoms with Gasteiger partial charge in [-0.3, -0.25) is 4.79 Å². The molecule has 1 aromatic carbocycles. The lowest BCUT2D eigenvalue weighted by molar-refractivity contribution is -0.116. The number of methoxy groups -OCH3 is 1. The highest BCUT2D eigenvalue weighted by molar-refractivity contribution is 7.89. The Labute approximate surface area is 144 Å². The number of carbonyl (C=O) groups is 1. The molecule has 0 unspecified atom stereocenters. The topological polar surface area (TPSA) is 130 Å². The zero-order valence-electron chi connectivity index (χ0n) is 13.8. The molecule has 1 N–H and O–H groups in total. The largest absolute Gasteiger partial charge is 0.495 e. The van der Waals surface area contributed by atoms with Crippen LogP contribution < -0.4 is 10.1 Å². The fourth-order valence-corrected chi connectivity index (χ4v) is 2.84. The molecule has 10 nitrogen and oxygen atoms in total. The van der Waals surface area contributed by atoms with Crippen molar-refractivity contribution in [3.8, 4) is 11.8 Å². The minimum atomic E-state index is -3.66. The van der Waals surface area contributed by atoms with Crippen LogP contribution in [0.1, 0.15) is 5.82 Å². The molecule has 1 aromatic heterocycles. The van der Waals surface area contributed by atoms with Gasteiger partial charge in [0.05, 0.1) is 17.7 Å². The van der Waals surface area contributed by atoms with Crippen LogP contribution >= 0.6 is 0 Å². The number of rotatable bonds is 6. The Hall–Kier alpha value is -2.97. The summed E-state index contributed by atoms with van der Waals surface area (Å²) in [5.74, 6) is -0.223. The molecule has 0 aliphatic rings. The van der Waals surface area contributed by atoms with E-state index in [1.807, 2.05) is 0 Å². The third-order valence-corrected chi connectivity index (χ3v) is 4.98.